The maximum absolute atomic E-state index is 11.6. The van der Waals surface area contributed by atoms with Crippen LogP contribution < -0.4 is 5.32 Å². The quantitative estimate of drug-likeness (QED) is 0.655. The van der Waals surface area contributed by atoms with Crippen molar-refractivity contribution in [2.75, 3.05) is 5.75 Å². The summed E-state index contributed by atoms with van der Waals surface area (Å²) in [6.07, 6.45) is 5.07. The van der Waals surface area contributed by atoms with E-state index in [0.717, 1.165) is 18.6 Å². The lowest BCUT2D eigenvalue weighted by Gasteiger charge is -2.17. The van der Waals surface area contributed by atoms with Gasteiger partial charge < -0.3 is 5.32 Å². The van der Waals surface area contributed by atoms with Gasteiger partial charge in [-0.1, -0.05) is 13.8 Å². The lowest BCUT2D eigenvalue weighted by molar-refractivity contribution is -0.122. The van der Waals surface area contributed by atoms with Gasteiger partial charge in [-0.2, -0.15) is 12.6 Å². The first-order valence-electron chi connectivity index (χ1n) is 5.56. The first-order valence-corrected chi connectivity index (χ1v) is 6.19. The Hall–Kier alpha value is -0.180. The van der Waals surface area contributed by atoms with Crippen LogP contribution in [0, 0.1) is 5.41 Å². The molecule has 0 saturated heterocycles. The van der Waals surface area contributed by atoms with Crippen molar-refractivity contribution in [2.24, 2.45) is 5.41 Å². The number of hydrogen-bond acceptors (Lipinski definition) is 2. The second-order valence-corrected chi connectivity index (χ2v) is 4.73. The molecule has 0 bridgehead atoms. The molecule has 0 unspecified atom stereocenters. The Labute approximate surface area is 92.2 Å². The molecule has 0 spiro atoms. The zero-order chi connectivity index (χ0) is 10.6. The van der Waals surface area contributed by atoms with Crippen LogP contribution in [0.25, 0.3) is 0 Å². The van der Waals surface area contributed by atoms with Crippen LogP contribution in [-0.4, -0.2) is 17.7 Å². The standard InChI is InChI=1S/C11H21NOS/c1-3-9(4-2)12-10(13)7-11(8-14)5-6-11/h9,14H,3-8H2,1-2H3,(H,12,13). The molecule has 3 heteroatoms. The van der Waals surface area contributed by atoms with Gasteiger partial charge in [-0.05, 0) is 36.9 Å². The first-order chi connectivity index (χ1) is 6.65. The zero-order valence-electron chi connectivity index (χ0n) is 9.18. The van der Waals surface area contributed by atoms with Crippen molar-refractivity contribution in [3.8, 4) is 0 Å². The summed E-state index contributed by atoms with van der Waals surface area (Å²) in [5, 5.41) is 3.07. The van der Waals surface area contributed by atoms with Crippen LogP contribution in [0.3, 0.4) is 0 Å². The minimum Gasteiger partial charge on any atom is -0.353 e. The summed E-state index contributed by atoms with van der Waals surface area (Å²) in [7, 11) is 0. The lowest BCUT2D eigenvalue weighted by Crippen LogP contribution is -2.35. The SMILES string of the molecule is CCC(CC)NC(=O)CC1(CS)CC1. The predicted octanol–water partition coefficient (Wildman–Crippen LogP) is 2.39. The van der Waals surface area contributed by atoms with Gasteiger partial charge in [0.25, 0.3) is 0 Å². The number of rotatable bonds is 6. The van der Waals surface area contributed by atoms with E-state index in [1.54, 1.807) is 0 Å². The lowest BCUT2D eigenvalue weighted by atomic mass is 10.0. The molecule has 0 aromatic carbocycles. The molecule has 1 aliphatic rings. The van der Waals surface area contributed by atoms with E-state index < -0.39 is 0 Å². The van der Waals surface area contributed by atoms with Crippen molar-refractivity contribution in [1.82, 2.24) is 5.32 Å². The van der Waals surface area contributed by atoms with Crippen LogP contribution in [0.5, 0.6) is 0 Å². The normalized spacial score (nSPS) is 18.3. The third-order valence-electron chi connectivity index (χ3n) is 3.18. The summed E-state index contributed by atoms with van der Waals surface area (Å²) >= 11 is 4.29. The number of nitrogens with one attached hydrogen (secondary N) is 1. The Morgan fingerprint density at radius 1 is 1.43 bits per heavy atom. The number of amides is 1. The van der Waals surface area contributed by atoms with Gasteiger partial charge >= 0.3 is 0 Å². The third kappa shape index (κ3) is 3.19. The van der Waals surface area contributed by atoms with E-state index in [-0.39, 0.29) is 11.3 Å². The molecule has 0 atom stereocenters. The average molecular weight is 215 g/mol. The average Bonchev–Trinajstić information content (AvgIpc) is 2.95. The van der Waals surface area contributed by atoms with Crippen molar-refractivity contribution in [3.63, 3.8) is 0 Å². The molecule has 1 fully saturated rings. The fraction of sp³-hybridized carbons (Fsp3) is 0.909. The Balaban J connectivity index is 2.28. The minimum atomic E-state index is 0.213. The van der Waals surface area contributed by atoms with Crippen LogP contribution in [0.2, 0.25) is 0 Å². The smallest absolute Gasteiger partial charge is 0.220 e. The topological polar surface area (TPSA) is 29.1 Å². The highest BCUT2D eigenvalue weighted by atomic mass is 32.1. The highest BCUT2D eigenvalue weighted by molar-refractivity contribution is 7.80. The van der Waals surface area contributed by atoms with E-state index >= 15 is 0 Å². The van der Waals surface area contributed by atoms with Gasteiger partial charge in [-0.3, -0.25) is 4.79 Å². The summed E-state index contributed by atoms with van der Waals surface area (Å²) in [6, 6.07) is 0.359. The van der Waals surface area contributed by atoms with Crippen molar-refractivity contribution < 1.29 is 4.79 Å². The number of carbonyl (C=O) groups is 1. The molecule has 82 valence electrons. The minimum absolute atomic E-state index is 0.213. The highest BCUT2D eigenvalue weighted by Gasteiger charge is 2.42. The molecule has 0 heterocycles. The molecule has 1 aliphatic carbocycles. The molecular weight excluding hydrogens is 194 g/mol. The maximum Gasteiger partial charge on any atom is 0.220 e. The van der Waals surface area contributed by atoms with Crippen LogP contribution in [0.4, 0.5) is 0 Å². The number of thiol groups is 1. The second-order valence-electron chi connectivity index (χ2n) is 4.42. The second kappa shape index (κ2) is 5.06. The summed E-state index contributed by atoms with van der Waals surface area (Å²) < 4.78 is 0. The van der Waals surface area contributed by atoms with E-state index in [1.165, 1.54) is 12.8 Å². The predicted molar refractivity (Wildman–Crippen MR) is 62.6 cm³/mol. The number of carbonyl (C=O) groups excluding carboxylic acids is 1. The fourth-order valence-corrected chi connectivity index (χ4v) is 2.11. The van der Waals surface area contributed by atoms with Gasteiger partial charge in [0.2, 0.25) is 5.91 Å². The molecule has 0 aliphatic heterocycles. The van der Waals surface area contributed by atoms with Gasteiger partial charge in [-0.25, -0.2) is 0 Å². The molecule has 0 radical (unpaired) electrons. The zero-order valence-corrected chi connectivity index (χ0v) is 10.1. The van der Waals surface area contributed by atoms with Crippen molar-refractivity contribution in [2.45, 2.75) is 52.0 Å². The van der Waals surface area contributed by atoms with Crippen molar-refractivity contribution in [1.29, 1.82) is 0 Å². The van der Waals surface area contributed by atoms with Crippen LogP contribution >= 0.6 is 12.6 Å². The molecule has 1 rings (SSSR count). The maximum atomic E-state index is 11.6. The molecule has 0 aromatic heterocycles. The molecule has 1 N–H and O–H groups in total. The van der Waals surface area contributed by atoms with Gasteiger partial charge in [0.05, 0.1) is 0 Å². The molecule has 2 nitrogen and oxygen atoms in total. The van der Waals surface area contributed by atoms with E-state index in [4.69, 9.17) is 0 Å². The summed E-state index contributed by atoms with van der Waals surface area (Å²) in [5.41, 5.74) is 0.249. The van der Waals surface area contributed by atoms with Crippen LogP contribution in [0.15, 0.2) is 0 Å². The Morgan fingerprint density at radius 3 is 2.36 bits per heavy atom. The van der Waals surface area contributed by atoms with E-state index in [2.05, 4.69) is 31.8 Å². The van der Waals surface area contributed by atoms with Gasteiger partial charge in [0.1, 0.15) is 0 Å². The highest BCUT2D eigenvalue weighted by Crippen LogP contribution is 2.49. The van der Waals surface area contributed by atoms with E-state index in [1.807, 2.05) is 0 Å². The van der Waals surface area contributed by atoms with E-state index in [9.17, 15) is 4.79 Å². The summed E-state index contributed by atoms with van der Waals surface area (Å²) in [5.74, 6) is 1.06. The van der Waals surface area contributed by atoms with Crippen molar-refractivity contribution in [3.05, 3.63) is 0 Å². The van der Waals surface area contributed by atoms with Gasteiger partial charge in [0, 0.05) is 12.5 Å². The Kier molecular flexibility index (Phi) is 4.30. The van der Waals surface area contributed by atoms with Gasteiger partial charge in [-0.15, -0.1) is 0 Å². The largest absolute Gasteiger partial charge is 0.353 e. The van der Waals surface area contributed by atoms with Gasteiger partial charge in [0.15, 0.2) is 0 Å². The Bertz CT molecular complexity index is 197. The summed E-state index contributed by atoms with van der Waals surface area (Å²) in [4.78, 5) is 11.6. The fourth-order valence-electron chi connectivity index (χ4n) is 1.68. The van der Waals surface area contributed by atoms with Crippen molar-refractivity contribution >= 4 is 18.5 Å². The summed E-state index contributed by atoms with van der Waals surface area (Å²) in [6.45, 7) is 4.22. The molecule has 1 saturated carbocycles. The molecule has 1 amide bonds. The van der Waals surface area contributed by atoms with Crippen LogP contribution in [0.1, 0.15) is 46.0 Å². The molecule has 14 heavy (non-hydrogen) atoms. The number of hydrogen-bond donors (Lipinski definition) is 2. The molecule has 0 aromatic rings. The van der Waals surface area contributed by atoms with E-state index in [0.29, 0.717) is 12.5 Å². The van der Waals surface area contributed by atoms with Crippen LogP contribution in [-0.2, 0) is 4.79 Å². The molecular formula is C11H21NOS. The monoisotopic (exact) mass is 215 g/mol. The third-order valence-corrected chi connectivity index (χ3v) is 3.85. The Morgan fingerprint density at radius 2 is 2.00 bits per heavy atom. The first kappa shape index (κ1) is 11.9.